The van der Waals surface area contributed by atoms with E-state index in [-0.39, 0.29) is 5.54 Å². The van der Waals surface area contributed by atoms with Crippen LogP contribution in [-0.2, 0) is 9.53 Å². The van der Waals surface area contributed by atoms with Crippen molar-refractivity contribution in [2.45, 2.75) is 19.4 Å². The number of hydrogen-bond donors (Lipinski definition) is 1. The number of rotatable bonds is 3. The van der Waals surface area contributed by atoms with Gasteiger partial charge in [0, 0.05) is 24.4 Å². The SMILES string of the molecule is CC1(C)COCCN1c1ncccc1/C=C/C(=O)O. The van der Waals surface area contributed by atoms with Gasteiger partial charge in [0.2, 0.25) is 0 Å². The first-order valence-corrected chi connectivity index (χ1v) is 6.22. The minimum absolute atomic E-state index is 0.154. The Balaban J connectivity index is 2.36. The van der Waals surface area contributed by atoms with Crippen LogP contribution >= 0.6 is 0 Å². The molecule has 5 nitrogen and oxygen atoms in total. The number of morpholine rings is 1. The molecule has 0 unspecified atom stereocenters. The van der Waals surface area contributed by atoms with E-state index in [1.165, 1.54) is 0 Å². The van der Waals surface area contributed by atoms with Gasteiger partial charge in [0.15, 0.2) is 0 Å². The van der Waals surface area contributed by atoms with Crippen molar-refractivity contribution in [2.24, 2.45) is 0 Å². The van der Waals surface area contributed by atoms with Crippen molar-refractivity contribution in [3.05, 3.63) is 30.0 Å². The molecule has 1 saturated heterocycles. The number of carboxylic acid groups (broad SMARTS) is 1. The van der Waals surface area contributed by atoms with Crippen molar-refractivity contribution in [1.82, 2.24) is 4.98 Å². The van der Waals surface area contributed by atoms with Gasteiger partial charge in [0.05, 0.1) is 18.8 Å². The maximum absolute atomic E-state index is 10.6. The Morgan fingerprint density at radius 3 is 3.05 bits per heavy atom. The predicted octanol–water partition coefficient (Wildman–Crippen LogP) is 1.79. The summed E-state index contributed by atoms with van der Waals surface area (Å²) in [6.07, 6.45) is 4.43. The first-order chi connectivity index (χ1) is 9.00. The van der Waals surface area contributed by atoms with E-state index < -0.39 is 5.97 Å². The van der Waals surface area contributed by atoms with Crippen molar-refractivity contribution >= 4 is 17.9 Å². The smallest absolute Gasteiger partial charge is 0.328 e. The van der Waals surface area contributed by atoms with Gasteiger partial charge in [-0.2, -0.15) is 0 Å². The molecule has 2 rings (SSSR count). The van der Waals surface area contributed by atoms with Crippen molar-refractivity contribution in [2.75, 3.05) is 24.7 Å². The molecule has 19 heavy (non-hydrogen) atoms. The van der Waals surface area contributed by atoms with E-state index in [1.54, 1.807) is 18.3 Å². The second-order valence-corrected chi connectivity index (χ2v) is 5.10. The molecule has 1 fully saturated rings. The Morgan fingerprint density at radius 2 is 2.37 bits per heavy atom. The van der Waals surface area contributed by atoms with Crippen LogP contribution in [-0.4, -0.2) is 41.4 Å². The minimum atomic E-state index is -0.962. The monoisotopic (exact) mass is 262 g/mol. The number of pyridine rings is 1. The molecule has 1 aliphatic rings. The van der Waals surface area contributed by atoms with Gasteiger partial charge in [-0.3, -0.25) is 0 Å². The highest BCUT2D eigenvalue weighted by Crippen LogP contribution is 2.28. The Hall–Kier alpha value is -1.88. The van der Waals surface area contributed by atoms with Crippen LogP contribution in [0.4, 0.5) is 5.82 Å². The Morgan fingerprint density at radius 1 is 1.58 bits per heavy atom. The van der Waals surface area contributed by atoms with Gasteiger partial charge in [-0.1, -0.05) is 0 Å². The van der Waals surface area contributed by atoms with Crippen molar-refractivity contribution in [3.63, 3.8) is 0 Å². The van der Waals surface area contributed by atoms with Gasteiger partial charge in [-0.15, -0.1) is 0 Å². The van der Waals surface area contributed by atoms with Gasteiger partial charge >= 0.3 is 5.97 Å². The highest BCUT2D eigenvalue weighted by molar-refractivity contribution is 5.86. The molecule has 102 valence electrons. The number of nitrogens with zero attached hydrogens (tertiary/aromatic N) is 2. The summed E-state index contributed by atoms with van der Waals surface area (Å²) >= 11 is 0. The number of aromatic nitrogens is 1. The van der Waals surface area contributed by atoms with E-state index in [1.807, 2.05) is 6.07 Å². The molecule has 0 spiro atoms. The van der Waals surface area contributed by atoms with E-state index in [2.05, 4.69) is 23.7 Å². The summed E-state index contributed by atoms with van der Waals surface area (Å²) in [5, 5.41) is 8.74. The first-order valence-electron chi connectivity index (χ1n) is 6.22. The van der Waals surface area contributed by atoms with Crippen molar-refractivity contribution < 1.29 is 14.6 Å². The molecule has 0 radical (unpaired) electrons. The van der Waals surface area contributed by atoms with Crippen molar-refractivity contribution in [3.8, 4) is 0 Å². The van der Waals surface area contributed by atoms with Crippen LogP contribution in [0.25, 0.3) is 6.08 Å². The van der Waals surface area contributed by atoms with Crippen LogP contribution in [0, 0.1) is 0 Å². The number of carbonyl (C=O) groups is 1. The maximum Gasteiger partial charge on any atom is 0.328 e. The topological polar surface area (TPSA) is 62.7 Å². The summed E-state index contributed by atoms with van der Waals surface area (Å²) in [6.45, 7) is 6.21. The third-order valence-electron chi connectivity index (χ3n) is 3.12. The zero-order valence-electron chi connectivity index (χ0n) is 11.2. The average molecular weight is 262 g/mol. The molecule has 0 aliphatic carbocycles. The summed E-state index contributed by atoms with van der Waals surface area (Å²) in [4.78, 5) is 17.2. The van der Waals surface area contributed by atoms with Gasteiger partial charge in [0.25, 0.3) is 0 Å². The summed E-state index contributed by atoms with van der Waals surface area (Å²) in [7, 11) is 0. The molecule has 0 aromatic carbocycles. The van der Waals surface area contributed by atoms with Crippen LogP contribution in [0.5, 0.6) is 0 Å². The van der Waals surface area contributed by atoms with Gasteiger partial charge in [0.1, 0.15) is 5.82 Å². The van der Waals surface area contributed by atoms with Crippen LogP contribution in [0.1, 0.15) is 19.4 Å². The first kappa shape index (κ1) is 13.5. The molecule has 0 saturated carbocycles. The van der Waals surface area contributed by atoms with Crippen LogP contribution in [0.2, 0.25) is 0 Å². The van der Waals surface area contributed by atoms with E-state index in [4.69, 9.17) is 9.84 Å². The third kappa shape index (κ3) is 3.12. The number of anilines is 1. The number of ether oxygens (including phenoxy) is 1. The second kappa shape index (κ2) is 5.40. The fourth-order valence-corrected chi connectivity index (χ4v) is 2.18. The lowest BCUT2D eigenvalue weighted by molar-refractivity contribution is -0.131. The van der Waals surface area contributed by atoms with Gasteiger partial charge in [-0.05, 0) is 32.1 Å². The van der Waals surface area contributed by atoms with Crippen molar-refractivity contribution in [1.29, 1.82) is 0 Å². The zero-order chi connectivity index (χ0) is 13.9. The van der Waals surface area contributed by atoms with Gasteiger partial charge < -0.3 is 14.7 Å². The summed E-state index contributed by atoms with van der Waals surface area (Å²) < 4.78 is 5.49. The van der Waals surface area contributed by atoms with Crippen LogP contribution < -0.4 is 4.90 Å². The molecular weight excluding hydrogens is 244 g/mol. The van der Waals surface area contributed by atoms with E-state index in [9.17, 15) is 4.79 Å². The van der Waals surface area contributed by atoms with Gasteiger partial charge in [-0.25, -0.2) is 9.78 Å². The fourth-order valence-electron chi connectivity index (χ4n) is 2.18. The van der Waals surface area contributed by atoms with Crippen LogP contribution in [0.3, 0.4) is 0 Å². The van der Waals surface area contributed by atoms with E-state index in [0.717, 1.165) is 24.0 Å². The predicted molar refractivity (Wildman–Crippen MR) is 73.2 cm³/mol. The second-order valence-electron chi connectivity index (χ2n) is 5.10. The normalized spacial score (nSPS) is 18.7. The third-order valence-corrected chi connectivity index (χ3v) is 3.12. The molecule has 1 aromatic heterocycles. The molecule has 1 aromatic rings. The fraction of sp³-hybridized carbons (Fsp3) is 0.429. The summed E-state index contributed by atoms with van der Waals surface area (Å²) in [6, 6.07) is 3.67. The molecule has 2 heterocycles. The lowest BCUT2D eigenvalue weighted by Crippen LogP contribution is -2.53. The quantitative estimate of drug-likeness (QED) is 0.841. The lowest BCUT2D eigenvalue weighted by Gasteiger charge is -2.43. The standard InChI is InChI=1S/C14H18N2O3/c1-14(2)10-19-9-8-16(14)13-11(4-3-7-15-13)5-6-12(17)18/h3-7H,8-10H2,1-2H3,(H,17,18)/b6-5+. The number of carboxylic acids is 1. The highest BCUT2D eigenvalue weighted by Gasteiger charge is 2.32. The average Bonchev–Trinajstić information content (AvgIpc) is 2.36. The highest BCUT2D eigenvalue weighted by atomic mass is 16.5. The lowest BCUT2D eigenvalue weighted by atomic mass is 10.0. The minimum Gasteiger partial charge on any atom is -0.478 e. The maximum atomic E-state index is 10.6. The molecule has 0 atom stereocenters. The van der Waals surface area contributed by atoms with E-state index in [0.29, 0.717) is 13.2 Å². The molecule has 0 bridgehead atoms. The Labute approximate surface area is 112 Å². The number of aliphatic carboxylic acids is 1. The molecular formula is C14H18N2O3. The van der Waals surface area contributed by atoms with E-state index >= 15 is 0 Å². The zero-order valence-corrected chi connectivity index (χ0v) is 11.2. The Bertz CT molecular complexity index is 497. The molecule has 1 aliphatic heterocycles. The summed E-state index contributed by atoms with van der Waals surface area (Å²) in [5.74, 6) is -0.163. The summed E-state index contributed by atoms with van der Waals surface area (Å²) in [5.41, 5.74) is 0.651. The number of hydrogen-bond acceptors (Lipinski definition) is 4. The van der Waals surface area contributed by atoms with Crippen LogP contribution in [0.15, 0.2) is 24.4 Å². The Kier molecular flexibility index (Phi) is 3.85. The molecule has 1 N–H and O–H groups in total. The largest absolute Gasteiger partial charge is 0.478 e. The molecule has 0 amide bonds. The molecule has 5 heteroatoms.